The highest BCUT2D eigenvalue weighted by Crippen LogP contribution is 2.49. The van der Waals surface area contributed by atoms with Crippen molar-refractivity contribution in [3.8, 4) is 6.07 Å². The van der Waals surface area contributed by atoms with Gasteiger partial charge in [0.05, 0.1) is 23.2 Å². The summed E-state index contributed by atoms with van der Waals surface area (Å²) in [5, 5.41) is 12.5. The van der Waals surface area contributed by atoms with Crippen molar-refractivity contribution in [1.29, 1.82) is 5.26 Å². The molecule has 0 radical (unpaired) electrons. The molecular formula is C12H15N3. The molecule has 1 saturated carbocycles. The summed E-state index contributed by atoms with van der Waals surface area (Å²) in [4.78, 5) is 4.33. The molecule has 1 aliphatic rings. The first-order chi connectivity index (χ1) is 7.32. The van der Waals surface area contributed by atoms with Crippen LogP contribution in [-0.2, 0) is 0 Å². The second-order valence-corrected chi connectivity index (χ2v) is 4.10. The van der Waals surface area contributed by atoms with Gasteiger partial charge in [0.25, 0.3) is 0 Å². The molecule has 1 aromatic rings. The van der Waals surface area contributed by atoms with Gasteiger partial charge in [0.15, 0.2) is 0 Å². The lowest BCUT2D eigenvalue weighted by molar-refractivity contribution is 0.146. The Kier molecular flexibility index (Phi) is 2.70. The third-order valence-electron chi connectivity index (χ3n) is 3.29. The molecule has 0 bridgehead atoms. The van der Waals surface area contributed by atoms with Gasteiger partial charge in [-0.15, -0.1) is 0 Å². The van der Waals surface area contributed by atoms with Gasteiger partial charge in [-0.25, -0.2) is 0 Å². The fraction of sp³-hybridized carbons (Fsp3) is 0.500. The largest absolute Gasteiger partial charge is 0.310 e. The maximum Gasteiger partial charge on any atom is 0.0783 e. The van der Waals surface area contributed by atoms with Crippen molar-refractivity contribution in [2.75, 3.05) is 7.05 Å². The van der Waals surface area contributed by atoms with Crippen molar-refractivity contribution < 1.29 is 0 Å². The molecule has 0 amide bonds. The third kappa shape index (κ3) is 1.62. The molecule has 0 aromatic carbocycles. The molecule has 1 aliphatic carbocycles. The predicted molar refractivity (Wildman–Crippen MR) is 57.9 cm³/mol. The monoisotopic (exact) mass is 201 g/mol. The predicted octanol–water partition coefficient (Wildman–Crippen LogP) is 2.04. The van der Waals surface area contributed by atoms with Crippen LogP contribution < -0.4 is 5.32 Å². The molecule has 1 atom stereocenters. The standard InChI is InChI=1S/C12H15N3/c1-14-11(10-5-2-3-8-15-10)12(9-13)6-4-7-12/h2-3,5,8,11,14H,4,6-7H2,1H3. The number of aromatic nitrogens is 1. The van der Waals surface area contributed by atoms with Crippen molar-refractivity contribution in [2.24, 2.45) is 5.41 Å². The number of nitrogens with zero attached hydrogens (tertiary/aromatic N) is 2. The summed E-state index contributed by atoms with van der Waals surface area (Å²) in [6, 6.07) is 8.38. The van der Waals surface area contributed by atoms with Crippen LogP contribution in [0.4, 0.5) is 0 Å². The lowest BCUT2D eigenvalue weighted by atomic mass is 9.64. The quantitative estimate of drug-likeness (QED) is 0.814. The Morgan fingerprint density at radius 1 is 1.53 bits per heavy atom. The molecule has 0 spiro atoms. The van der Waals surface area contributed by atoms with Crippen LogP contribution in [0.2, 0.25) is 0 Å². The fourth-order valence-electron chi connectivity index (χ4n) is 2.28. The van der Waals surface area contributed by atoms with Gasteiger partial charge >= 0.3 is 0 Å². The number of hydrogen-bond acceptors (Lipinski definition) is 3. The average molecular weight is 201 g/mol. The smallest absolute Gasteiger partial charge is 0.0783 e. The van der Waals surface area contributed by atoms with Crippen LogP contribution in [0, 0.1) is 16.7 Å². The summed E-state index contributed by atoms with van der Waals surface area (Å²) in [6.45, 7) is 0. The normalized spacial score (nSPS) is 20.0. The SMILES string of the molecule is CNC(c1ccccn1)C1(C#N)CCC1. The molecule has 1 N–H and O–H groups in total. The van der Waals surface area contributed by atoms with Crippen LogP contribution in [0.1, 0.15) is 31.0 Å². The molecule has 1 aromatic heterocycles. The Hall–Kier alpha value is -1.40. The molecule has 1 heterocycles. The lowest BCUT2D eigenvalue weighted by Gasteiger charge is -2.41. The molecule has 78 valence electrons. The second-order valence-electron chi connectivity index (χ2n) is 4.10. The minimum atomic E-state index is -0.233. The highest BCUT2D eigenvalue weighted by Gasteiger charge is 2.45. The number of hydrogen-bond donors (Lipinski definition) is 1. The maximum atomic E-state index is 9.28. The van der Waals surface area contributed by atoms with E-state index in [4.69, 9.17) is 0 Å². The highest BCUT2D eigenvalue weighted by molar-refractivity contribution is 5.20. The van der Waals surface area contributed by atoms with Crippen LogP contribution in [-0.4, -0.2) is 12.0 Å². The minimum Gasteiger partial charge on any atom is -0.310 e. The van der Waals surface area contributed by atoms with E-state index in [0.717, 1.165) is 25.0 Å². The summed E-state index contributed by atoms with van der Waals surface area (Å²) in [5.41, 5.74) is 0.740. The minimum absolute atomic E-state index is 0.0671. The van der Waals surface area contributed by atoms with E-state index in [1.165, 1.54) is 0 Å². The fourth-order valence-corrected chi connectivity index (χ4v) is 2.28. The summed E-state index contributed by atoms with van der Waals surface area (Å²) >= 11 is 0. The van der Waals surface area contributed by atoms with E-state index >= 15 is 0 Å². The maximum absolute atomic E-state index is 9.28. The van der Waals surface area contributed by atoms with Crippen LogP contribution in [0.3, 0.4) is 0 Å². The van der Waals surface area contributed by atoms with Crippen LogP contribution >= 0.6 is 0 Å². The molecule has 15 heavy (non-hydrogen) atoms. The Labute approximate surface area is 90.1 Å². The number of nitrogens with one attached hydrogen (secondary N) is 1. The van der Waals surface area contributed by atoms with Crippen molar-refractivity contribution in [3.05, 3.63) is 30.1 Å². The zero-order valence-corrected chi connectivity index (χ0v) is 8.90. The number of nitriles is 1. The van der Waals surface area contributed by atoms with E-state index in [1.54, 1.807) is 6.20 Å². The zero-order chi connectivity index (χ0) is 10.7. The first kappa shape index (κ1) is 10.1. The van der Waals surface area contributed by atoms with Crippen LogP contribution in [0.15, 0.2) is 24.4 Å². The van der Waals surface area contributed by atoms with Crippen molar-refractivity contribution in [3.63, 3.8) is 0 Å². The van der Waals surface area contributed by atoms with Gasteiger partial charge in [0, 0.05) is 6.20 Å². The summed E-state index contributed by atoms with van der Waals surface area (Å²) < 4.78 is 0. The number of rotatable bonds is 3. The third-order valence-corrected chi connectivity index (χ3v) is 3.29. The summed E-state index contributed by atoms with van der Waals surface area (Å²) in [6.07, 6.45) is 4.89. The van der Waals surface area contributed by atoms with Gasteiger partial charge in [-0.3, -0.25) is 4.98 Å². The van der Waals surface area contributed by atoms with Crippen LogP contribution in [0.5, 0.6) is 0 Å². The van der Waals surface area contributed by atoms with E-state index in [9.17, 15) is 5.26 Å². The first-order valence-corrected chi connectivity index (χ1v) is 5.32. The molecule has 2 rings (SSSR count). The highest BCUT2D eigenvalue weighted by atomic mass is 14.9. The van der Waals surface area contributed by atoms with Crippen molar-refractivity contribution >= 4 is 0 Å². The lowest BCUT2D eigenvalue weighted by Crippen LogP contribution is -2.41. The Balaban J connectivity index is 2.29. The molecule has 3 nitrogen and oxygen atoms in total. The Morgan fingerprint density at radius 2 is 2.33 bits per heavy atom. The van der Waals surface area contributed by atoms with Gasteiger partial charge < -0.3 is 5.32 Å². The summed E-state index contributed by atoms with van der Waals surface area (Å²) in [7, 11) is 1.90. The molecule has 1 fully saturated rings. The van der Waals surface area contributed by atoms with Crippen molar-refractivity contribution in [1.82, 2.24) is 10.3 Å². The van der Waals surface area contributed by atoms with Gasteiger partial charge in [0.2, 0.25) is 0 Å². The first-order valence-electron chi connectivity index (χ1n) is 5.32. The van der Waals surface area contributed by atoms with E-state index in [0.29, 0.717) is 0 Å². The topological polar surface area (TPSA) is 48.7 Å². The van der Waals surface area contributed by atoms with E-state index in [1.807, 2.05) is 25.2 Å². The second kappa shape index (κ2) is 4.00. The Morgan fingerprint density at radius 3 is 2.73 bits per heavy atom. The molecule has 0 saturated heterocycles. The zero-order valence-electron chi connectivity index (χ0n) is 8.90. The average Bonchev–Trinajstić information content (AvgIpc) is 2.24. The molecule has 1 unspecified atom stereocenters. The van der Waals surface area contributed by atoms with Crippen molar-refractivity contribution in [2.45, 2.75) is 25.3 Å². The van der Waals surface area contributed by atoms with E-state index < -0.39 is 0 Å². The van der Waals surface area contributed by atoms with Gasteiger partial charge in [-0.1, -0.05) is 12.5 Å². The number of pyridine rings is 1. The molecule has 0 aliphatic heterocycles. The van der Waals surface area contributed by atoms with Crippen LogP contribution in [0.25, 0.3) is 0 Å². The van der Waals surface area contributed by atoms with E-state index in [2.05, 4.69) is 16.4 Å². The van der Waals surface area contributed by atoms with Gasteiger partial charge in [0.1, 0.15) is 0 Å². The van der Waals surface area contributed by atoms with E-state index in [-0.39, 0.29) is 11.5 Å². The van der Waals surface area contributed by atoms with Gasteiger partial charge in [-0.05, 0) is 32.0 Å². The molecule has 3 heteroatoms. The Bertz CT molecular complexity index is 362. The summed E-state index contributed by atoms with van der Waals surface area (Å²) in [5.74, 6) is 0. The molecular weight excluding hydrogens is 186 g/mol. The van der Waals surface area contributed by atoms with Gasteiger partial charge in [-0.2, -0.15) is 5.26 Å².